The Kier molecular flexibility index (Phi) is 5.19. The molecule has 23 heavy (non-hydrogen) atoms. The van der Waals surface area contributed by atoms with Gasteiger partial charge in [0.05, 0.1) is 11.2 Å². The molecule has 3 aromatic rings. The van der Waals surface area contributed by atoms with E-state index in [2.05, 4.69) is 57.4 Å². The summed E-state index contributed by atoms with van der Waals surface area (Å²) in [5.41, 5.74) is 3.26. The van der Waals surface area contributed by atoms with E-state index in [4.69, 9.17) is 11.6 Å². The van der Waals surface area contributed by atoms with Crippen LogP contribution in [0.4, 0.5) is 5.69 Å². The molecule has 1 heterocycles. The number of benzene rings is 2. The summed E-state index contributed by atoms with van der Waals surface area (Å²) in [4.78, 5) is 4.50. The average Bonchev–Trinajstić information content (AvgIpc) is 2.57. The molecule has 0 saturated carbocycles. The minimum atomic E-state index is 0.408. The van der Waals surface area contributed by atoms with Gasteiger partial charge in [-0.2, -0.15) is 0 Å². The molecule has 4 heteroatoms. The molecule has 1 unspecified atom stereocenters. The number of fused-ring (bicyclic) bond motifs is 1. The largest absolute Gasteiger partial charge is 0.383 e. The summed E-state index contributed by atoms with van der Waals surface area (Å²) in [6.07, 6.45) is 2.83. The van der Waals surface area contributed by atoms with Crippen molar-refractivity contribution in [3.8, 4) is 0 Å². The van der Waals surface area contributed by atoms with E-state index in [1.165, 1.54) is 5.56 Å². The maximum atomic E-state index is 6.27. The van der Waals surface area contributed by atoms with Crippen LogP contribution in [0.15, 0.2) is 59.2 Å². The van der Waals surface area contributed by atoms with Crippen molar-refractivity contribution in [2.24, 2.45) is 0 Å². The van der Waals surface area contributed by atoms with E-state index >= 15 is 0 Å². The third kappa shape index (κ3) is 3.67. The minimum Gasteiger partial charge on any atom is -0.383 e. The molecule has 0 bridgehead atoms. The van der Waals surface area contributed by atoms with Gasteiger partial charge in [-0.05, 0) is 42.2 Å². The zero-order chi connectivity index (χ0) is 16.2. The zero-order valence-electron chi connectivity index (χ0n) is 12.9. The van der Waals surface area contributed by atoms with E-state index in [1.807, 2.05) is 30.5 Å². The third-order valence-corrected chi connectivity index (χ3v) is 5.08. The number of anilines is 1. The second-order valence-corrected chi connectivity index (χ2v) is 6.89. The fraction of sp³-hybridized carbons (Fsp3) is 0.211. The van der Waals surface area contributed by atoms with E-state index in [-0.39, 0.29) is 0 Å². The van der Waals surface area contributed by atoms with Crippen molar-refractivity contribution >= 4 is 44.1 Å². The Morgan fingerprint density at radius 2 is 1.96 bits per heavy atom. The number of nitrogens with zero attached hydrogens (tertiary/aromatic N) is 1. The summed E-state index contributed by atoms with van der Waals surface area (Å²) in [5.74, 6) is 0.408. The number of nitrogens with one attached hydrogen (secondary N) is 1. The highest BCUT2D eigenvalue weighted by Crippen LogP contribution is 2.29. The quantitative estimate of drug-likeness (QED) is 0.557. The number of hydrogen-bond acceptors (Lipinski definition) is 2. The predicted molar refractivity (Wildman–Crippen MR) is 102 cm³/mol. The first kappa shape index (κ1) is 16.3. The van der Waals surface area contributed by atoms with Crippen LogP contribution in [0.5, 0.6) is 0 Å². The highest BCUT2D eigenvalue weighted by atomic mass is 79.9. The molecule has 0 aliphatic rings. The van der Waals surface area contributed by atoms with Crippen LogP contribution in [0.25, 0.3) is 10.9 Å². The van der Waals surface area contributed by atoms with Crippen LogP contribution in [-0.4, -0.2) is 11.5 Å². The summed E-state index contributed by atoms with van der Waals surface area (Å²) in [6, 6.07) is 16.2. The summed E-state index contributed by atoms with van der Waals surface area (Å²) in [5, 5.41) is 5.47. The van der Waals surface area contributed by atoms with Crippen LogP contribution in [0.1, 0.15) is 24.8 Å². The lowest BCUT2D eigenvalue weighted by Crippen LogP contribution is -2.07. The summed E-state index contributed by atoms with van der Waals surface area (Å²) in [6.45, 7) is 3.08. The van der Waals surface area contributed by atoms with Gasteiger partial charge in [0.15, 0.2) is 0 Å². The first-order valence-electron chi connectivity index (χ1n) is 7.68. The molecule has 1 N–H and O–H groups in total. The monoisotopic (exact) mass is 388 g/mol. The normalized spacial score (nSPS) is 12.3. The number of aromatic nitrogens is 1. The van der Waals surface area contributed by atoms with Crippen molar-refractivity contribution < 1.29 is 0 Å². The highest BCUT2D eigenvalue weighted by Gasteiger charge is 2.10. The van der Waals surface area contributed by atoms with Gasteiger partial charge in [-0.1, -0.05) is 58.7 Å². The lowest BCUT2D eigenvalue weighted by molar-refractivity contribution is 0.706. The van der Waals surface area contributed by atoms with Crippen LogP contribution in [0.2, 0.25) is 5.02 Å². The summed E-state index contributed by atoms with van der Waals surface area (Å²) in [7, 11) is 0. The molecule has 1 aromatic heterocycles. The fourth-order valence-electron chi connectivity index (χ4n) is 2.73. The third-order valence-electron chi connectivity index (χ3n) is 4.05. The molecule has 0 aliphatic carbocycles. The van der Waals surface area contributed by atoms with Crippen molar-refractivity contribution in [2.45, 2.75) is 19.3 Å². The molecule has 0 radical (unpaired) electrons. The van der Waals surface area contributed by atoms with E-state index in [9.17, 15) is 0 Å². The first-order valence-corrected chi connectivity index (χ1v) is 8.85. The maximum Gasteiger partial charge on any atom is 0.0944 e. The Morgan fingerprint density at radius 3 is 2.78 bits per heavy atom. The Morgan fingerprint density at radius 1 is 1.13 bits per heavy atom. The lowest BCUT2D eigenvalue weighted by Gasteiger charge is -2.15. The molecular formula is C19H18BrClN2. The van der Waals surface area contributed by atoms with E-state index in [0.717, 1.165) is 39.1 Å². The molecular weight excluding hydrogens is 372 g/mol. The van der Waals surface area contributed by atoms with Crippen LogP contribution >= 0.6 is 27.5 Å². The molecule has 2 aromatic carbocycles. The SMILES string of the molecule is CC(CCNc1ccc(Br)c2cccnc12)c1ccccc1Cl. The molecule has 0 fully saturated rings. The standard InChI is InChI=1S/C19H18BrClN2/c1-13(14-5-2-3-7-17(14)21)10-12-22-18-9-8-16(20)15-6-4-11-23-19(15)18/h2-9,11,13,22H,10,12H2,1H3. The Balaban J connectivity index is 1.70. The van der Waals surface area contributed by atoms with Crippen LogP contribution in [0, 0.1) is 0 Å². The van der Waals surface area contributed by atoms with Gasteiger partial charge in [-0.15, -0.1) is 0 Å². The van der Waals surface area contributed by atoms with Gasteiger partial charge in [-0.3, -0.25) is 4.98 Å². The van der Waals surface area contributed by atoms with Crippen molar-refractivity contribution in [3.05, 3.63) is 69.8 Å². The van der Waals surface area contributed by atoms with Gasteiger partial charge in [0.25, 0.3) is 0 Å². The van der Waals surface area contributed by atoms with Gasteiger partial charge in [0.1, 0.15) is 0 Å². The number of rotatable bonds is 5. The molecule has 0 spiro atoms. The fourth-order valence-corrected chi connectivity index (χ4v) is 3.51. The molecule has 118 valence electrons. The van der Waals surface area contributed by atoms with Crippen molar-refractivity contribution in [2.75, 3.05) is 11.9 Å². The number of halogens is 2. The number of pyridine rings is 1. The molecule has 0 amide bonds. The lowest BCUT2D eigenvalue weighted by atomic mass is 9.98. The molecule has 3 rings (SSSR count). The Labute approximate surface area is 150 Å². The predicted octanol–water partition coefficient (Wildman–Crippen LogP) is 6.26. The average molecular weight is 390 g/mol. The van der Waals surface area contributed by atoms with Crippen molar-refractivity contribution in [3.63, 3.8) is 0 Å². The van der Waals surface area contributed by atoms with E-state index in [0.29, 0.717) is 5.92 Å². The smallest absolute Gasteiger partial charge is 0.0944 e. The van der Waals surface area contributed by atoms with E-state index in [1.54, 1.807) is 0 Å². The van der Waals surface area contributed by atoms with Crippen molar-refractivity contribution in [1.82, 2.24) is 4.98 Å². The van der Waals surface area contributed by atoms with E-state index < -0.39 is 0 Å². The topological polar surface area (TPSA) is 24.9 Å². The van der Waals surface area contributed by atoms with Crippen molar-refractivity contribution in [1.29, 1.82) is 0 Å². The van der Waals surface area contributed by atoms with Gasteiger partial charge in [0.2, 0.25) is 0 Å². The molecule has 1 atom stereocenters. The summed E-state index contributed by atoms with van der Waals surface area (Å²) >= 11 is 9.85. The highest BCUT2D eigenvalue weighted by molar-refractivity contribution is 9.10. The second-order valence-electron chi connectivity index (χ2n) is 5.63. The van der Waals surface area contributed by atoms with Gasteiger partial charge < -0.3 is 5.32 Å². The first-order chi connectivity index (χ1) is 11.2. The molecule has 0 saturated heterocycles. The van der Waals surface area contributed by atoms with Crippen LogP contribution in [-0.2, 0) is 0 Å². The molecule has 0 aliphatic heterocycles. The zero-order valence-corrected chi connectivity index (χ0v) is 15.2. The van der Waals surface area contributed by atoms with Gasteiger partial charge >= 0.3 is 0 Å². The minimum absolute atomic E-state index is 0.408. The summed E-state index contributed by atoms with van der Waals surface area (Å²) < 4.78 is 1.07. The van der Waals surface area contributed by atoms with Gasteiger partial charge in [0, 0.05) is 27.6 Å². The van der Waals surface area contributed by atoms with Crippen LogP contribution in [0.3, 0.4) is 0 Å². The van der Waals surface area contributed by atoms with Crippen LogP contribution < -0.4 is 5.32 Å². The Hall–Kier alpha value is -1.58. The Bertz CT molecular complexity index is 819. The second kappa shape index (κ2) is 7.33. The van der Waals surface area contributed by atoms with Gasteiger partial charge in [-0.25, -0.2) is 0 Å². The maximum absolute atomic E-state index is 6.27. The molecule has 2 nitrogen and oxygen atoms in total. The number of hydrogen-bond donors (Lipinski definition) is 1.